The van der Waals surface area contributed by atoms with Gasteiger partial charge in [-0.1, -0.05) is 11.6 Å². The summed E-state index contributed by atoms with van der Waals surface area (Å²) in [4.78, 5) is 16.9. The first-order valence-corrected chi connectivity index (χ1v) is 6.77. The summed E-state index contributed by atoms with van der Waals surface area (Å²) in [7, 11) is 1.50. The van der Waals surface area contributed by atoms with Gasteiger partial charge in [-0.25, -0.2) is 4.79 Å². The zero-order chi connectivity index (χ0) is 14.7. The summed E-state index contributed by atoms with van der Waals surface area (Å²) in [5.74, 6) is 0.685. The molecule has 1 aromatic rings. The molecule has 1 fully saturated rings. The molecule has 1 aliphatic rings. The molecule has 2 rings (SSSR count). The molecule has 108 valence electrons. The Labute approximate surface area is 122 Å². The minimum absolute atomic E-state index is 0.128. The molecule has 7 heteroatoms. The number of hydrogen-bond acceptors (Lipinski definition) is 2. The minimum Gasteiger partial charge on any atom is -0.399 e. The highest BCUT2D eigenvalue weighted by atomic mass is 35.5. The number of anilines is 2. The molecule has 0 atom stereocenters. The lowest BCUT2D eigenvalue weighted by Crippen LogP contribution is -2.40. The standard InChI is InChI=1S/C13H18ClN5O/c1-17-13(20)18-12(16)19(7-8-2-3-8)11-5-4-9(15)6-10(11)14/h4-6,8H,2-3,7,15H2,1H3,(H3,16,17,18,20). The Hall–Kier alpha value is -1.95. The maximum Gasteiger partial charge on any atom is 0.343 e. The van der Waals surface area contributed by atoms with E-state index >= 15 is 0 Å². The Morgan fingerprint density at radius 1 is 1.55 bits per heavy atom. The number of nitrogens with one attached hydrogen (secondary N) is 1. The number of nitrogens with zero attached hydrogens (tertiary/aromatic N) is 2. The van der Waals surface area contributed by atoms with Gasteiger partial charge in [-0.15, -0.1) is 0 Å². The summed E-state index contributed by atoms with van der Waals surface area (Å²) in [5, 5.41) is 2.90. The van der Waals surface area contributed by atoms with Gasteiger partial charge < -0.3 is 21.7 Å². The summed E-state index contributed by atoms with van der Waals surface area (Å²) in [6, 6.07) is 4.69. The first-order valence-electron chi connectivity index (χ1n) is 6.39. The van der Waals surface area contributed by atoms with Gasteiger partial charge in [0.25, 0.3) is 0 Å². The molecular weight excluding hydrogens is 278 g/mol. The predicted octanol–water partition coefficient (Wildman–Crippen LogP) is 1.79. The topological polar surface area (TPSA) is 96.7 Å². The second-order valence-corrected chi connectivity index (χ2v) is 5.20. The van der Waals surface area contributed by atoms with Crippen molar-refractivity contribution >= 4 is 35.0 Å². The van der Waals surface area contributed by atoms with E-state index < -0.39 is 6.03 Å². The van der Waals surface area contributed by atoms with Gasteiger partial charge in [-0.3, -0.25) is 0 Å². The Kier molecular flexibility index (Phi) is 4.34. The maximum atomic E-state index is 11.3. The fraction of sp³-hybridized carbons (Fsp3) is 0.385. The molecule has 0 bridgehead atoms. The smallest absolute Gasteiger partial charge is 0.343 e. The second kappa shape index (κ2) is 6.00. The van der Waals surface area contributed by atoms with Gasteiger partial charge >= 0.3 is 6.03 Å². The highest BCUT2D eigenvalue weighted by Crippen LogP contribution is 2.34. The predicted molar refractivity (Wildman–Crippen MR) is 82.0 cm³/mol. The van der Waals surface area contributed by atoms with Crippen LogP contribution in [0.5, 0.6) is 0 Å². The summed E-state index contributed by atoms with van der Waals surface area (Å²) in [5.41, 5.74) is 12.9. The number of amides is 2. The lowest BCUT2D eigenvalue weighted by Gasteiger charge is -2.24. The molecule has 0 saturated heterocycles. The normalized spacial score (nSPS) is 15.0. The van der Waals surface area contributed by atoms with Crippen molar-refractivity contribution in [2.24, 2.45) is 16.6 Å². The molecular formula is C13H18ClN5O. The summed E-state index contributed by atoms with van der Waals surface area (Å²) in [6.45, 7) is 0.690. The molecule has 20 heavy (non-hydrogen) atoms. The van der Waals surface area contributed by atoms with Gasteiger partial charge in [-0.2, -0.15) is 4.99 Å². The molecule has 5 N–H and O–H groups in total. The van der Waals surface area contributed by atoms with Crippen LogP contribution in [0.15, 0.2) is 23.2 Å². The monoisotopic (exact) mass is 295 g/mol. The average Bonchev–Trinajstić information content (AvgIpc) is 3.20. The van der Waals surface area contributed by atoms with Crippen LogP contribution in [0.1, 0.15) is 12.8 Å². The van der Waals surface area contributed by atoms with E-state index in [0.29, 0.717) is 28.9 Å². The molecule has 1 saturated carbocycles. The molecule has 0 aromatic heterocycles. The van der Waals surface area contributed by atoms with E-state index in [1.165, 1.54) is 7.05 Å². The van der Waals surface area contributed by atoms with Crippen molar-refractivity contribution < 1.29 is 4.79 Å². The van der Waals surface area contributed by atoms with Crippen LogP contribution < -0.4 is 21.7 Å². The number of carbonyl (C=O) groups excluding carboxylic acids is 1. The maximum absolute atomic E-state index is 11.3. The van der Waals surface area contributed by atoms with Gasteiger partial charge in [0.1, 0.15) is 0 Å². The fourth-order valence-electron chi connectivity index (χ4n) is 1.84. The number of halogens is 1. The summed E-state index contributed by atoms with van der Waals surface area (Å²) < 4.78 is 0. The Morgan fingerprint density at radius 3 is 2.80 bits per heavy atom. The van der Waals surface area contributed by atoms with Crippen molar-refractivity contribution in [3.63, 3.8) is 0 Å². The van der Waals surface area contributed by atoms with Crippen molar-refractivity contribution in [2.75, 3.05) is 24.2 Å². The third kappa shape index (κ3) is 3.54. The summed E-state index contributed by atoms with van der Waals surface area (Å²) in [6.07, 6.45) is 2.30. The Balaban J connectivity index is 2.30. The summed E-state index contributed by atoms with van der Waals surface area (Å²) >= 11 is 6.21. The number of hydrogen-bond donors (Lipinski definition) is 3. The number of carbonyl (C=O) groups is 1. The quantitative estimate of drug-likeness (QED) is 0.450. The Morgan fingerprint density at radius 2 is 2.25 bits per heavy atom. The fourth-order valence-corrected chi connectivity index (χ4v) is 2.13. The van der Waals surface area contributed by atoms with Crippen LogP contribution >= 0.6 is 11.6 Å². The number of rotatable bonds is 3. The lowest BCUT2D eigenvalue weighted by molar-refractivity contribution is 0.251. The molecule has 0 spiro atoms. The van der Waals surface area contributed by atoms with E-state index in [1.54, 1.807) is 23.1 Å². The van der Waals surface area contributed by atoms with Crippen molar-refractivity contribution in [1.82, 2.24) is 5.32 Å². The lowest BCUT2D eigenvalue weighted by atomic mass is 10.2. The SMILES string of the molecule is CNC(=O)N=C(N)N(CC1CC1)c1ccc(N)cc1Cl. The van der Waals surface area contributed by atoms with Crippen molar-refractivity contribution in [3.05, 3.63) is 23.2 Å². The van der Waals surface area contributed by atoms with Crippen LogP contribution in [-0.4, -0.2) is 25.6 Å². The molecule has 2 amide bonds. The van der Waals surface area contributed by atoms with E-state index in [0.717, 1.165) is 12.8 Å². The van der Waals surface area contributed by atoms with Gasteiger partial charge in [0, 0.05) is 19.3 Å². The molecule has 6 nitrogen and oxygen atoms in total. The molecule has 1 aromatic carbocycles. The zero-order valence-corrected chi connectivity index (χ0v) is 12.0. The number of urea groups is 1. The zero-order valence-electron chi connectivity index (χ0n) is 11.3. The number of aliphatic imine (C=N–C) groups is 1. The van der Waals surface area contributed by atoms with E-state index in [2.05, 4.69) is 10.3 Å². The van der Waals surface area contributed by atoms with E-state index in [-0.39, 0.29) is 5.96 Å². The van der Waals surface area contributed by atoms with E-state index in [4.69, 9.17) is 23.1 Å². The van der Waals surface area contributed by atoms with Crippen molar-refractivity contribution in [3.8, 4) is 0 Å². The number of guanidine groups is 1. The van der Waals surface area contributed by atoms with Gasteiger partial charge in [-0.05, 0) is 37.0 Å². The van der Waals surface area contributed by atoms with Gasteiger partial charge in [0.05, 0.1) is 10.7 Å². The minimum atomic E-state index is -0.491. The van der Waals surface area contributed by atoms with Crippen LogP contribution in [0.4, 0.5) is 16.2 Å². The highest BCUT2D eigenvalue weighted by molar-refractivity contribution is 6.34. The average molecular weight is 296 g/mol. The van der Waals surface area contributed by atoms with Gasteiger partial charge in [0.2, 0.25) is 5.96 Å². The number of nitrogens with two attached hydrogens (primary N) is 2. The van der Waals surface area contributed by atoms with Crippen LogP contribution in [0, 0.1) is 5.92 Å². The van der Waals surface area contributed by atoms with Gasteiger partial charge in [0.15, 0.2) is 0 Å². The number of nitrogen functional groups attached to an aromatic ring is 1. The van der Waals surface area contributed by atoms with Crippen LogP contribution in [-0.2, 0) is 0 Å². The van der Waals surface area contributed by atoms with Crippen molar-refractivity contribution in [2.45, 2.75) is 12.8 Å². The first kappa shape index (κ1) is 14.5. The van der Waals surface area contributed by atoms with E-state index in [1.807, 2.05) is 0 Å². The molecule has 0 radical (unpaired) electrons. The second-order valence-electron chi connectivity index (χ2n) is 4.79. The molecule has 0 heterocycles. The van der Waals surface area contributed by atoms with Crippen LogP contribution in [0.2, 0.25) is 5.02 Å². The van der Waals surface area contributed by atoms with E-state index in [9.17, 15) is 4.79 Å². The third-order valence-electron chi connectivity index (χ3n) is 3.11. The van der Waals surface area contributed by atoms with Crippen LogP contribution in [0.3, 0.4) is 0 Å². The number of benzene rings is 1. The Bertz CT molecular complexity index is 542. The van der Waals surface area contributed by atoms with Crippen LogP contribution in [0.25, 0.3) is 0 Å². The highest BCUT2D eigenvalue weighted by Gasteiger charge is 2.27. The molecule has 1 aliphatic carbocycles. The largest absolute Gasteiger partial charge is 0.399 e. The molecule has 0 aliphatic heterocycles. The molecule has 0 unspecified atom stereocenters. The van der Waals surface area contributed by atoms with Crippen molar-refractivity contribution in [1.29, 1.82) is 0 Å². The third-order valence-corrected chi connectivity index (χ3v) is 3.41. The first-order chi connectivity index (χ1) is 9.51.